The molecule has 27 heavy (non-hydrogen) atoms. The molecule has 1 aromatic carbocycles. The van der Waals surface area contributed by atoms with Crippen molar-refractivity contribution in [2.45, 2.75) is 52.6 Å². The minimum absolute atomic E-state index is 0.348. The zero-order valence-corrected chi connectivity index (χ0v) is 16.4. The maximum Gasteiger partial charge on any atom is 0.411 e. The van der Waals surface area contributed by atoms with Crippen LogP contribution in [0.15, 0.2) is 30.3 Å². The summed E-state index contributed by atoms with van der Waals surface area (Å²) >= 11 is 0. The number of hydrogen-bond acceptors (Lipinski definition) is 4. The molecule has 0 spiro atoms. The number of hydrogen-bond donors (Lipinski definition) is 2. The lowest BCUT2D eigenvalue weighted by atomic mass is 9.82. The van der Waals surface area contributed by atoms with Gasteiger partial charge in [-0.1, -0.05) is 39.0 Å². The van der Waals surface area contributed by atoms with Crippen molar-refractivity contribution in [3.05, 3.63) is 30.3 Å². The van der Waals surface area contributed by atoms with Crippen LogP contribution < -0.4 is 5.32 Å². The number of aliphatic carboxylic acids is 1. The number of carbonyl (C=O) groups excluding carboxylic acids is 1. The summed E-state index contributed by atoms with van der Waals surface area (Å²) < 4.78 is 11.0. The third-order valence-corrected chi connectivity index (χ3v) is 4.95. The monoisotopic (exact) mass is 377 g/mol. The highest BCUT2D eigenvalue weighted by Crippen LogP contribution is 2.31. The predicted octanol–water partition coefficient (Wildman–Crippen LogP) is 4.56. The van der Waals surface area contributed by atoms with Crippen LogP contribution in [0.25, 0.3) is 0 Å². The van der Waals surface area contributed by atoms with E-state index in [9.17, 15) is 14.7 Å². The van der Waals surface area contributed by atoms with Crippen LogP contribution in [0.5, 0.6) is 0 Å². The van der Waals surface area contributed by atoms with E-state index in [0.29, 0.717) is 25.0 Å². The number of carboxylic acid groups (broad SMARTS) is 1. The molecule has 1 amide bonds. The first kappa shape index (κ1) is 21.2. The molecule has 2 rings (SSSR count). The smallest absolute Gasteiger partial charge is 0.411 e. The maximum atomic E-state index is 11.8. The molecule has 150 valence electrons. The standard InChI is InChI=1S/C21H31NO5/c1-21(2,3)18(19(23)24)26-13-15-9-11-16(12-10-15)14-27-20(25)22-17-7-5-4-6-8-17/h4-8,15-16,18H,9-14H2,1-3H3,(H,22,25)(H,23,24). The second-order valence-electron chi connectivity index (χ2n) is 8.39. The van der Waals surface area contributed by atoms with Gasteiger partial charge in [0.25, 0.3) is 0 Å². The Morgan fingerprint density at radius 3 is 2.15 bits per heavy atom. The summed E-state index contributed by atoms with van der Waals surface area (Å²) in [7, 11) is 0. The normalized spacial score (nSPS) is 21.3. The number of para-hydroxylation sites is 1. The fourth-order valence-corrected chi connectivity index (χ4v) is 3.36. The van der Waals surface area contributed by atoms with E-state index < -0.39 is 23.6 Å². The van der Waals surface area contributed by atoms with Gasteiger partial charge in [0.05, 0.1) is 13.2 Å². The van der Waals surface area contributed by atoms with Gasteiger partial charge in [-0.3, -0.25) is 5.32 Å². The molecule has 0 saturated heterocycles. The third kappa shape index (κ3) is 7.21. The Morgan fingerprint density at radius 1 is 1.07 bits per heavy atom. The number of carboxylic acids is 1. The van der Waals surface area contributed by atoms with Crippen LogP contribution in [-0.4, -0.2) is 36.5 Å². The van der Waals surface area contributed by atoms with Gasteiger partial charge in [0.1, 0.15) is 0 Å². The molecule has 0 aliphatic heterocycles. The lowest BCUT2D eigenvalue weighted by Crippen LogP contribution is -2.38. The highest BCUT2D eigenvalue weighted by atomic mass is 16.5. The zero-order valence-electron chi connectivity index (χ0n) is 16.4. The van der Waals surface area contributed by atoms with Gasteiger partial charge in [-0.25, -0.2) is 9.59 Å². The fourth-order valence-electron chi connectivity index (χ4n) is 3.36. The van der Waals surface area contributed by atoms with E-state index in [0.717, 1.165) is 31.4 Å². The van der Waals surface area contributed by atoms with Gasteiger partial charge in [0.15, 0.2) is 6.10 Å². The summed E-state index contributed by atoms with van der Waals surface area (Å²) in [5.41, 5.74) is 0.290. The minimum Gasteiger partial charge on any atom is -0.479 e. The van der Waals surface area contributed by atoms with Crippen molar-refractivity contribution in [1.82, 2.24) is 0 Å². The van der Waals surface area contributed by atoms with Crippen molar-refractivity contribution in [3.8, 4) is 0 Å². The number of rotatable bonds is 7. The van der Waals surface area contributed by atoms with Crippen molar-refractivity contribution in [2.24, 2.45) is 17.3 Å². The molecular weight excluding hydrogens is 346 g/mol. The highest BCUT2D eigenvalue weighted by molar-refractivity contribution is 5.84. The molecule has 1 fully saturated rings. The molecule has 0 heterocycles. The number of nitrogens with one attached hydrogen (secondary N) is 1. The first-order chi connectivity index (χ1) is 12.8. The van der Waals surface area contributed by atoms with Crippen molar-refractivity contribution >= 4 is 17.7 Å². The Bertz CT molecular complexity index is 603. The summed E-state index contributed by atoms with van der Waals surface area (Å²) in [6, 6.07) is 9.22. The van der Waals surface area contributed by atoms with Crippen LogP contribution in [0.2, 0.25) is 0 Å². The van der Waals surface area contributed by atoms with E-state index >= 15 is 0 Å². The Kier molecular flexibility index (Phi) is 7.66. The molecule has 6 heteroatoms. The van der Waals surface area contributed by atoms with Crippen molar-refractivity contribution in [3.63, 3.8) is 0 Å². The first-order valence-corrected chi connectivity index (χ1v) is 9.59. The molecule has 1 saturated carbocycles. The van der Waals surface area contributed by atoms with Gasteiger partial charge >= 0.3 is 12.1 Å². The van der Waals surface area contributed by atoms with Crippen LogP contribution in [0.1, 0.15) is 46.5 Å². The molecule has 0 aromatic heterocycles. The average molecular weight is 377 g/mol. The van der Waals surface area contributed by atoms with Gasteiger partial charge in [-0.15, -0.1) is 0 Å². The minimum atomic E-state index is -0.908. The highest BCUT2D eigenvalue weighted by Gasteiger charge is 2.33. The van der Waals surface area contributed by atoms with Crippen LogP contribution in [0.4, 0.5) is 10.5 Å². The lowest BCUT2D eigenvalue weighted by molar-refractivity contribution is -0.159. The summed E-state index contributed by atoms with van der Waals surface area (Å²) in [5.74, 6) is -0.196. The number of ether oxygens (including phenoxy) is 2. The van der Waals surface area contributed by atoms with E-state index in [1.54, 1.807) is 0 Å². The summed E-state index contributed by atoms with van der Waals surface area (Å²) in [4.78, 5) is 23.2. The van der Waals surface area contributed by atoms with Crippen molar-refractivity contribution in [1.29, 1.82) is 0 Å². The molecule has 1 aliphatic carbocycles. The fraction of sp³-hybridized carbons (Fsp3) is 0.619. The first-order valence-electron chi connectivity index (χ1n) is 9.59. The summed E-state index contributed by atoms with van der Waals surface area (Å²) in [6.07, 6.45) is 2.62. The molecule has 1 aliphatic rings. The Hall–Kier alpha value is -2.08. The number of anilines is 1. The summed E-state index contributed by atoms with van der Waals surface area (Å²) in [5, 5.41) is 12.0. The Morgan fingerprint density at radius 2 is 1.63 bits per heavy atom. The largest absolute Gasteiger partial charge is 0.479 e. The quantitative estimate of drug-likeness (QED) is 0.728. The molecule has 2 N–H and O–H groups in total. The van der Waals surface area contributed by atoms with Crippen LogP contribution in [0.3, 0.4) is 0 Å². The number of carbonyl (C=O) groups is 2. The van der Waals surface area contributed by atoms with E-state index in [-0.39, 0.29) is 0 Å². The number of amides is 1. The van der Waals surface area contributed by atoms with E-state index in [1.807, 2.05) is 51.1 Å². The molecule has 1 aromatic rings. The van der Waals surface area contributed by atoms with E-state index in [2.05, 4.69) is 5.32 Å². The molecule has 6 nitrogen and oxygen atoms in total. The Balaban J connectivity index is 1.66. The second kappa shape index (κ2) is 9.74. The predicted molar refractivity (Wildman–Crippen MR) is 104 cm³/mol. The second-order valence-corrected chi connectivity index (χ2v) is 8.39. The molecule has 1 unspecified atom stereocenters. The maximum absolute atomic E-state index is 11.8. The van der Waals surface area contributed by atoms with Gasteiger partial charge < -0.3 is 14.6 Å². The van der Waals surface area contributed by atoms with Crippen LogP contribution >= 0.6 is 0 Å². The zero-order chi connectivity index (χ0) is 19.9. The van der Waals surface area contributed by atoms with Gasteiger partial charge in [0.2, 0.25) is 0 Å². The topological polar surface area (TPSA) is 84.9 Å². The third-order valence-electron chi connectivity index (χ3n) is 4.95. The van der Waals surface area contributed by atoms with E-state index in [4.69, 9.17) is 9.47 Å². The average Bonchev–Trinajstić information content (AvgIpc) is 2.60. The molecular formula is C21H31NO5. The SMILES string of the molecule is CC(C)(C)C(OCC1CCC(COC(=O)Nc2ccccc2)CC1)C(=O)O. The molecule has 0 bridgehead atoms. The Labute approximate surface area is 161 Å². The van der Waals surface area contributed by atoms with Gasteiger partial charge in [-0.05, 0) is 55.1 Å². The molecule has 0 radical (unpaired) electrons. The van der Waals surface area contributed by atoms with Gasteiger partial charge in [-0.2, -0.15) is 0 Å². The molecule has 1 atom stereocenters. The van der Waals surface area contributed by atoms with Crippen molar-refractivity contribution in [2.75, 3.05) is 18.5 Å². The van der Waals surface area contributed by atoms with E-state index in [1.165, 1.54) is 0 Å². The number of benzene rings is 1. The van der Waals surface area contributed by atoms with Crippen molar-refractivity contribution < 1.29 is 24.2 Å². The lowest BCUT2D eigenvalue weighted by Gasteiger charge is -2.31. The van der Waals surface area contributed by atoms with Gasteiger partial charge in [0, 0.05) is 5.69 Å². The summed E-state index contributed by atoms with van der Waals surface area (Å²) in [6.45, 7) is 6.50. The van der Waals surface area contributed by atoms with Crippen LogP contribution in [0, 0.1) is 17.3 Å². The van der Waals surface area contributed by atoms with Crippen LogP contribution in [-0.2, 0) is 14.3 Å².